The van der Waals surface area contributed by atoms with Crippen molar-refractivity contribution in [3.63, 3.8) is 0 Å². The number of hydrogen-bond donors (Lipinski definition) is 1. The zero-order valence-electron chi connectivity index (χ0n) is 12.9. The van der Waals surface area contributed by atoms with Crippen LogP contribution in [-0.2, 0) is 0 Å². The van der Waals surface area contributed by atoms with Gasteiger partial charge in [-0.3, -0.25) is 4.79 Å². The van der Waals surface area contributed by atoms with Crippen LogP contribution in [0.5, 0.6) is 5.75 Å². The van der Waals surface area contributed by atoms with Crippen LogP contribution in [0.25, 0.3) is 5.69 Å². The molecule has 0 radical (unpaired) electrons. The van der Waals surface area contributed by atoms with E-state index in [0.29, 0.717) is 10.7 Å². The Bertz CT molecular complexity index is 949. The number of aromatic nitrogens is 3. The number of para-hydroxylation sites is 1. The summed E-state index contributed by atoms with van der Waals surface area (Å²) in [7, 11) is 0. The van der Waals surface area contributed by atoms with Gasteiger partial charge in [0.05, 0.1) is 22.6 Å². The Hall–Kier alpha value is -3.07. The molecule has 0 aliphatic rings. The minimum absolute atomic E-state index is 0.128. The molecule has 0 aliphatic carbocycles. The van der Waals surface area contributed by atoms with Crippen molar-refractivity contribution in [2.24, 2.45) is 0 Å². The number of rotatable bonds is 5. The van der Waals surface area contributed by atoms with E-state index in [9.17, 15) is 18.0 Å². The van der Waals surface area contributed by atoms with Crippen molar-refractivity contribution < 1.29 is 22.7 Å². The topological polar surface area (TPSA) is 69.0 Å². The highest BCUT2D eigenvalue weighted by Crippen LogP contribution is 2.27. The summed E-state index contributed by atoms with van der Waals surface area (Å²) >= 11 is 6.05. The third-order valence-electron chi connectivity index (χ3n) is 3.23. The van der Waals surface area contributed by atoms with E-state index in [-0.39, 0.29) is 17.1 Å². The molecule has 1 heterocycles. The number of nitrogens with zero attached hydrogens (tertiary/aromatic N) is 3. The van der Waals surface area contributed by atoms with Crippen molar-refractivity contribution >= 4 is 23.2 Å². The van der Waals surface area contributed by atoms with Gasteiger partial charge in [-0.1, -0.05) is 28.9 Å². The van der Waals surface area contributed by atoms with Crippen molar-refractivity contribution in [3.8, 4) is 11.4 Å². The second-order valence-corrected chi connectivity index (χ2v) is 5.38. The summed E-state index contributed by atoms with van der Waals surface area (Å²) in [6.45, 7) is -3.13. The summed E-state index contributed by atoms with van der Waals surface area (Å²) in [6.07, 6.45) is 1.30. The van der Waals surface area contributed by atoms with Crippen LogP contribution in [0.1, 0.15) is 10.5 Å². The summed E-state index contributed by atoms with van der Waals surface area (Å²) < 4.78 is 43.7. The van der Waals surface area contributed by atoms with Crippen molar-refractivity contribution in [1.82, 2.24) is 15.0 Å². The number of amides is 1. The molecule has 0 saturated heterocycles. The summed E-state index contributed by atoms with van der Waals surface area (Å²) in [6, 6.07) is 9.53. The molecule has 0 fully saturated rings. The van der Waals surface area contributed by atoms with Gasteiger partial charge in [-0.2, -0.15) is 8.78 Å². The van der Waals surface area contributed by atoms with Gasteiger partial charge in [0.25, 0.3) is 5.91 Å². The molecule has 3 aromatic rings. The molecule has 2 aromatic carbocycles. The Labute approximate surface area is 150 Å². The number of carbonyl (C=O) groups excluding carboxylic acids is 1. The highest BCUT2D eigenvalue weighted by molar-refractivity contribution is 6.32. The van der Waals surface area contributed by atoms with Gasteiger partial charge in [-0.25, -0.2) is 9.07 Å². The molecule has 134 valence electrons. The van der Waals surface area contributed by atoms with Crippen molar-refractivity contribution in [2.75, 3.05) is 5.32 Å². The van der Waals surface area contributed by atoms with Crippen LogP contribution in [0.3, 0.4) is 0 Å². The van der Waals surface area contributed by atoms with Gasteiger partial charge < -0.3 is 10.1 Å². The molecule has 3 rings (SSSR count). The third kappa shape index (κ3) is 3.94. The molecule has 0 atom stereocenters. The van der Waals surface area contributed by atoms with E-state index in [0.717, 1.165) is 18.2 Å². The molecule has 1 N–H and O–H groups in total. The van der Waals surface area contributed by atoms with Crippen LogP contribution in [0.15, 0.2) is 48.7 Å². The Morgan fingerprint density at radius 3 is 2.73 bits per heavy atom. The van der Waals surface area contributed by atoms with E-state index in [1.807, 2.05) is 0 Å². The molecular formula is C16H10ClF3N4O2. The Balaban J connectivity index is 1.84. The SMILES string of the molecule is O=C(Nc1cc(F)ccc1OC(F)F)c1cn(-c2ccccc2Cl)nn1. The van der Waals surface area contributed by atoms with E-state index in [1.165, 1.54) is 10.9 Å². The summed E-state index contributed by atoms with van der Waals surface area (Å²) in [5.74, 6) is -1.90. The lowest BCUT2D eigenvalue weighted by molar-refractivity contribution is -0.0494. The fraction of sp³-hybridized carbons (Fsp3) is 0.0625. The third-order valence-corrected chi connectivity index (χ3v) is 3.55. The van der Waals surface area contributed by atoms with Gasteiger partial charge in [0.1, 0.15) is 11.6 Å². The van der Waals surface area contributed by atoms with Crippen LogP contribution in [0.2, 0.25) is 5.02 Å². The second kappa shape index (κ2) is 7.44. The second-order valence-electron chi connectivity index (χ2n) is 4.97. The van der Waals surface area contributed by atoms with E-state index in [2.05, 4.69) is 20.4 Å². The molecule has 0 saturated carbocycles. The zero-order valence-corrected chi connectivity index (χ0v) is 13.6. The molecule has 0 bridgehead atoms. The average Bonchev–Trinajstić information content (AvgIpc) is 3.07. The number of alkyl halides is 2. The van der Waals surface area contributed by atoms with Crippen LogP contribution < -0.4 is 10.1 Å². The van der Waals surface area contributed by atoms with Crippen molar-refractivity contribution in [2.45, 2.75) is 6.61 Å². The monoisotopic (exact) mass is 382 g/mol. The summed E-state index contributed by atoms with van der Waals surface area (Å²) in [5.41, 5.74) is 0.105. The van der Waals surface area contributed by atoms with Crippen molar-refractivity contribution in [1.29, 1.82) is 0 Å². The predicted octanol–water partition coefficient (Wildman–Crippen LogP) is 3.91. The number of carbonyl (C=O) groups is 1. The number of anilines is 1. The summed E-state index contributed by atoms with van der Waals surface area (Å²) in [4.78, 5) is 12.3. The summed E-state index contributed by atoms with van der Waals surface area (Å²) in [5, 5.41) is 10.2. The fourth-order valence-corrected chi connectivity index (χ4v) is 2.33. The Morgan fingerprint density at radius 1 is 1.23 bits per heavy atom. The maximum absolute atomic E-state index is 13.4. The van der Waals surface area contributed by atoms with Gasteiger partial charge in [-0.15, -0.1) is 5.10 Å². The molecule has 1 amide bonds. The quantitative estimate of drug-likeness (QED) is 0.726. The molecule has 6 nitrogen and oxygen atoms in total. The highest BCUT2D eigenvalue weighted by atomic mass is 35.5. The van der Waals surface area contributed by atoms with Gasteiger partial charge in [0, 0.05) is 6.07 Å². The van der Waals surface area contributed by atoms with Gasteiger partial charge in [-0.05, 0) is 24.3 Å². The average molecular weight is 383 g/mol. The molecule has 0 aliphatic heterocycles. The molecule has 26 heavy (non-hydrogen) atoms. The molecule has 1 aromatic heterocycles. The maximum Gasteiger partial charge on any atom is 0.387 e. The Kier molecular flexibility index (Phi) is 5.08. The zero-order chi connectivity index (χ0) is 18.7. The highest BCUT2D eigenvalue weighted by Gasteiger charge is 2.17. The molecular weight excluding hydrogens is 373 g/mol. The minimum atomic E-state index is -3.13. The molecule has 10 heteroatoms. The van der Waals surface area contributed by atoms with E-state index >= 15 is 0 Å². The lowest BCUT2D eigenvalue weighted by Crippen LogP contribution is -2.14. The maximum atomic E-state index is 13.4. The number of hydrogen-bond acceptors (Lipinski definition) is 4. The number of benzene rings is 2. The van der Waals surface area contributed by atoms with Gasteiger partial charge in [0.2, 0.25) is 0 Å². The largest absolute Gasteiger partial charge is 0.433 e. The van der Waals surface area contributed by atoms with Crippen LogP contribution >= 0.6 is 11.6 Å². The predicted molar refractivity (Wildman–Crippen MR) is 87.4 cm³/mol. The lowest BCUT2D eigenvalue weighted by Gasteiger charge is -2.11. The first-order chi connectivity index (χ1) is 12.4. The normalized spacial score (nSPS) is 10.8. The van der Waals surface area contributed by atoms with Crippen LogP contribution in [0.4, 0.5) is 18.9 Å². The molecule has 0 unspecified atom stereocenters. The van der Waals surface area contributed by atoms with Crippen LogP contribution in [0, 0.1) is 5.82 Å². The van der Waals surface area contributed by atoms with E-state index in [1.54, 1.807) is 24.3 Å². The first-order valence-electron chi connectivity index (χ1n) is 7.17. The van der Waals surface area contributed by atoms with Crippen LogP contribution in [-0.4, -0.2) is 27.5 Å². The minimum Gasteiger partial charge on any atom is -0.433 e. The van der Waals surface area contributed by atoms with Gasteiger partial charge in [0.15, 0.2) is 5.69 Å². The first-order valence-corrected chi connectivity index (χ1v) is 7.55. The Morgan fingerprint density at radius 2 is 2.00 bits per heavy atom. The number of halogens is 4. The van der Waals surface area contributed by atoms with E-state index < -0.39 is 18.3 Å². The number of ether oxygens (including phenoxy) is 1. The smallest absolute Gasteiger partial charge is 0.387 e. The number of nitrogens with one attached hydrogen (secondary N) is 1. The van der Waals surface area contributed by atoms with Gasteiger partial charge >= 0.3 is 6.61 Å². The van der Waals surface area contributed by atoms with Crippen molar-refractivity contribution in [3.05, 3.63) is 65.2 Å². The first kappa shape index (κ1) is 17.7. The standard InChI is InChI=1S/C16H10ClF3N4O2/c17-10-3-1-2-4-13(10)24-8-12(22-23-24)15(25)21-11-7-9(18)5-6-14(11)26-16(19)20/h1-8,16H,(H,21,25). The molecule has 0 spiro atoms. The lowest BCUT2D eigenvalue weighted by atomic mass is 10.2. The van der Waals surface area contributed by atoms with E-state index in [4.69, 9.17) is 11.6 Å². The fourth-order valence-electron chi connectivity index (χ4n) is 2.11.